The molecule has 0 saturated carbocycles. The lowest BCUT2D eigenvalue weighted by Crippen LogP contribution is -2.37. The van der Waals surface area contributed by atoms with Crippen LogP contribution in [-0.4, -0.2) is 37.0 Å². The quantitative estimate of drug-likeness (QED) is 0.937. The van der Waals surface area contributed by atoms with E-state index in [0.717, 1.165) is 30.8 Å². The SMILES string of the molecule is Cc1cc2oc(C(=O)NCCN3CCCCC3)cc(=O)c2cc1C. The van der Waals surface area contributed by atoms with E-state index in [2.05, 4.69) is 10.2 Å². The summed E-state index contributed by atoms with van der Waals surface area (Å²) in [6.07, 6.45) is 3.75. The van der Waals surface area contributed by atoms with Gasteiger partial charge in [-0.25, -0.2) is 0 Å². The topological polar surface area (TPSA) is 62.6 Å². The lowest BCUT2D eigenvalue weighted by molar-refractivity contribution is 0.0919. The van der Waals surface area contributed by atoms with Crippen LogP contribution in [0.4, 0.5) is 0 Å². The molecular formula is C19H24N2O3. The second-order valence-corrected chi connectivity index (χ2v) is 6.57. The van der Waals surface area contributed by atoms with Crippen molar-refractivity contribution in [3.8, 4) is 0 Å². The Hall–Kier alpha value is -2.14. The molecule has 0 radical (unpaired) electrons. The number of aryl methyl sites for hydroxylation is 2. The van der Waals surface area contributed by atoms with Crippen molar-refractivity contribution in [2.75, 3.05) is 26.2 Å². The van der Waals surface area contributed by atoms with Crippen LogP contribution in [0.1, 0.15) is 40.9 Å². The van der Waals surface area contributed by atoms with Gasteiger partial charge < -0.3 is 14.6 Å². The molecule has 1 aliphatic heterocycles. The molecule has 3 rings (SSSR count). The summed E-state index contributed by atoms with van der Waals surface area (Å²) in [5.74, 6) is -0.251. The minimum absolute atomic E-state index is 0.0781. The Balaban J connectivity index is 1.70. The summed E-state index contributed by atoms with van der Waals surface area (Å²) in [5, 5.41) is 3.37. The van der Waals surface area contributed by atoms with Gasteiger partial charge in [-0.2, -0.15) is 0 Å². The first kappa shape index (κ1) is 16.7. The van der Waals surface area contributed by atoms with Crippen molar-refractivity contribution in [1.29, 1.82) is 0 Å². The number of nitrogens with zero attached hydrogens (tertiary/aromatic N) is 1. The first-order valence-electron chi connectivity index (χ1n) is 8.60. The molecule has 0 unspecified atom stereocenters. The summed E-state index contributed by atoms with van der Waals surface area (Å²) in [7, 11) is 0. The van der Waals surface area contributed by atoms with E-state index in [-0.39, 0.29) is 17.1 Å². The molecule has 5 nitrogen and oxygen atoms in total. The maximum atomic E-state index is 12.3. The van der Waals surface area contributed by atoms with Gasteiger partial charge in [-0.1, -0.05) is 6.42 Å². The minimum Gasteiger partial charge on any atom is -0.451 e. The maximum Gasteiger partial charge on any atom is 0.287 e. The predicted molar refractivity (Wildman–Crippen MR) is 94.6 cm³/mol. The van der Waals surface area contributed by atoms with Crippen molar-refractivity contribution >= 4 is 16.9 Å². The van der Waals surface area contributed by atoms with Crippen molar-refractivity contribution in [2.45, 2.75) is 33.1 Å². The molecule has 0 spiro atoms. The van der Waals surface area contributed by atoms with Gasteiger partial charge in [0, 0.05) is 19.2 Å². The van der Waals surface area contributed by atoms with Crippen molar-refractivity contribution in [3.63, 3.8) is 0 Å². The van der Waals surface area contributed by atoms with Crippen molar-refractivity contribution < 1.29 is 9.21 Å². The summed E-state index contributed by atoms with van der Waals surface area (Å²) in [4.78, 5) is 26.9. The summed E-state index contributed by atoms with van der Waals surface area (Å²) in [6.45, 7) is 7.50. The number of nitrogens with one attached hydrogen (secondary N) is 1. The smallest absolute Gasteiger partial charge is 0.287 e. The number of benzene rings is 1. The number of piperidine rings is 1. The van der Waals surface area contributed by atoms with Gasteiger partial charge in [0.2, 0.25) is 0 Å². The molecule has 128 valence electrons. The molecule has 1 amide bonds. The van der Waals surface area contributed by atoms with E-state index in [4.69, 9.17) is 4.42 Å². The Bertz CT molecular complexity index is 804. The van der Waals surface area contributed by atoms with Gasteiger partial charge in [0.25, 0.3) is 5.91 Å². The van der Waals surface area contributed by atoms with Crippen LogP contribution in [0.3, 0.4) is 0 Å². The zero-order valence-electron chi connectivity index (χ0n) is 14.4. The Labute approximate surface area is 141 Å². The molecule has 2 aromatic rings. The van der Waals surface area contributed by atoms with E-state index < -0.39 is 0 Å². The fourth-order valence-corrected chi connectivity index (χ4v) is 3.12. The second kappa shape index (κ2) is 7.18. The van der Waals surface area contributed by atoms with E-state index in [1.54, 1.807) is 0 Å². The first-order chi connectivity index (χ1) is 11.5. The third-order valence-electron chi connectivity index (χ3n) is 4.73. The normalized spacial score (nSPS) is 15.6. The van der Waals surface area contributed by atoms with Crippen LogP contribution in [-0.2, 0) is 0 Å². The summed E-state index contributed by atoms with van der Waals surface area (Å²) < 4.78 is 5.66. The third kappa shape index (κ3) is 3.67. The van der Waals surface area contributed by atoms with Crippen LogP contribution in [0.15, 0.2) is 27.4 Å². The van der Waals surface area contributed by atoms with Crippen molar-refractivity contribution in [3.05, 3.63) is 45.3 Å². The number of carbonyl (C=O) groups is 1. The molecule has 1 fully saturated rings. The maximum absolute atomic E-state index is 12.3. The average molecular weight is 328 g/mol. The Morgan fingerprint density at radius 1 is 1.12 bits per heavy atom. The van der Waals surface area contributed by atoms with E-state index in [9.17, 15) is 9.59 Å². The zero-order chi connectivity index (χ0) is 17.1. The van der Waals surface area contributed by atoms with Gasteiger partial charge in [-0.3, -0.25) is 9.59 Å². The molecule has 1 aliphatic rings. The van der Waals surface area contributed by atoms with Crippen LogP contribution in [0.2, 0.25) is 0 Å². The number of fused-ring (bicyclic) bond motifs is 1. The molecule has 5 heteroatoms. The van der Waals surface area contributed by atoms with Crippen LogP contribution in [0.25, 0.3) is 11.0 Å². The number of hydrogen-bond acceptors (Lipinski definition) is 4. The Morgan fingerprint density at radius 2 is 1.83 bits per heavy atom. The van der Waals surface area contributed by atoms with Gasteiger partial charge in [0.1, 0.15) is 5.58 Å². The Morgan fingerprint density at radius 3 is 2.58 bits per heavy atom. The number of amides is 1. The summed E-state index contributed by atoms with van der Waals surface area (Å²) in [6, 6.07) is 4.92. The van der Waals surface area contributed by atoms with Crippen molar-refractivity contribution in [1.82, 2.24) is 10.2 Å². The zero-order valence-corrected chi connectivity index (χ0v) is 14.4. The van der Waals surface area contributed by atoms with E-state index in [1.165, 1.54) is 25.3 Å². The third-order valence-corrected chi connectivity index (χ3v) is 4.73. The molecule has 2 heterocycles. The highest BCUT2D eigenvalue weighted by Gasteiger charge is 2.14. The monoisotopic (exact) mass is 328 g/mol. The Kier molecular flexibility index (Phi) is 5.00. The molecule has 1 aromatic carbocycles. The molecular weight excluding hydrogens is 304 g/mol. The highest BCUT2D eigenvalue weighted by molar-refractivity contribution is 5.93. The molecule has 0 atom stereocenters. The minimum atomic E-state index is -0.329. The van der Waals surface area contributed by atoms with Gasteiger partial charge in [-0.05, 0) is 63.0 Å². The molecule has 1 N–H and O–H groups in total. The largest absolute Gasteiger partial charge is 0.451 e. The van der Waals surface area contributed by atoms with Gasteiger partial charge in [-0.15, -0.1) is 0 Å². The van der Waals surface area contributed by atoms with Crippen LogP contribution >= 0.6 is 0 Å². The van der Waals surface area contributed by atoms with E-state index in [1.807, 2.05) is 26.0 Å². The molecule has 1 saturated heterocycles. The molecule has 1 aromatic heterocycles. The van der Waals surface area contributed by atoms with Crippen LogP contribution < -0.4 is 10.7 Å². The molecule has 0 bridgehead atoms. The second-order valence-electron chi connectivity index (χ2n) is 6.57. The van der Waals surface area contributed by atoms with Gasteiger partial charge in [0.15, 0.2) is 11.2 Å². The highest BCUT2D eigenvalue weighted by Crippen LogP contribution is 2.18. The lowest BCUT2D eigenvalue weighted by Gasteiger charge is -2.26. The highest BCUT2D eigenvalue weighted by atomic mass is 16.3. The molecule has 24 heavy (non-hydrogen) atoms. The summed E-state index contributed by atoms with van der Waals surface area (Å²) in [5.41, 5.74) is 2.36. The summed E-state index contributed by atoms with van der Waals surface area (Å²) >= 11 is 0. The predicted octanol–water partition coefficient (Wildman–Crippen LogP) is 2.63. The lowest BCUT2D eigenvalue weighted by atomic mass is 10.1. The number of carbonyl (C=O) groups excluding carboxylic acids is 1. The number of hydrogen-bond donors (Lipinski definition) is 1. The molecule has 0 aliphatic carbocycles. The van der Waals surface area contributed by atoms with Crippen LogP contribution in [0, 0.1) is 13.8 Å². The van der Waals surface area contributed by atoms with Crippen LogP contribution in [0.5, 0.6) is 0 Å². The van der Waals surface area contributed by atoms with Gasteiger partial charge in [0.05, 0.1) is 5.39 Å². The number of rotatable bonds is 4. The fourth-order valence-electron chi connectivity index (χ4n) is 3.12. The fraction of sp³-hybridized carbons (Fsp3) is 0.474. The van der Waals surface area contributed by atoms with E-state index >= 15 is 0 Å². The van der Waals surface area contributed by atoms with Gasteiger partial charge >= 0.3 is 0 Å². The van der Waals surface area contributed by atoms with E-state index in [0.29, 0.717) is 17.5 Å². The number of likely N-dealkylation sites (tertiary alicyclic amines) is 1. The van der Waals surface area contributed by atoms with Crippen molar-refractivity contribution in [2.24, 2.45) is 0 Å². The standard InChI is InChI=1S/C19H24N2O3/c1-13-10-15-16(22)12-18(24-17(15)11-14(13)2)19(23)20-6-9-21-7-4-3-5-8-21/h10-12H,3-9H2,1-2H3,(H,20,23). The first-order valence-corrected chi connectivity index (χ1v) is 8.60. The average Bonchev–Trinajstić information content (AvgIpc) is 2.57.